The third kappa shape index (κ3) is 5.03. The fraction of sp³-hybridized carbons (Fsp3) is 0.300. The van der Waals surface area contributed by atoms with Gasteiger partial charge in [-0.1, -0.05) is 23.8 Å². The number of rotatable bonds is 4. The number of aryl methyl sites for hydroxylation is 2. The predicted octanol–water partition coefficient (Wildman–Crippen LogP) is 4.05. The molecule has 0 radical (unpaired) electrons. The number of carbonyl (C=O) groups is 1. The molecular formula is C20H25N3OS. The molecule has 0 bridgehead atoms. The fourth-order valence-electron chi connectivity index (χ4n) is 2.71. The summed E-state index contributed by atoms with van der Waals surface area (Å²) in [5.74, 6) is -0.0179. The Balaban J connectivity index is 1.99. The summed E-state index contributed by atoms with van der Waals surface area (Å²) in [5, 5.41) is 7.02. The summed E-state index contributed by atoms with van der Waals surface area (Å²) in [6.45, 7) is 6.29. The van der Waals surface area contributed by atoms with Crippen molar-refractivity contribution >= 4 is 28.9 Å². The van der Waals surface area contributed by atoms with E-state index in [-0.39, 0.29) is 11.9 Å². The standard InChI is InChI=1S/C20H25N3OS/c1-13-6-11-18(14(2)12-13)15(3)21-20(25)22-17-9-7-16(8-10-17)19(24)23(4)5/h6-12,15H,1-5H3,(H2,21,22,25)/t15-/m0/s1. The molecule has 0 spiro atoms. The molecule has 0 aromatic heterocycles. The maximum atomic E-state index is 11.9. The lowest BCUT2D eigenvalue weighted by atomic mass is 10.0. The van der Waals surface area contributed by atoms with Crippen molar-refractivity contribution in [2.24, 2.45) is 0 Å². The first kappa shape index (κ1) is 18.9. The zero-order valence-corrected chi connectivity index (χ0v) is 16.2. The summed E-state index contributed by atoms with van der Waals surface area (Å²) in [6, 6.07) is 13.8. The first-order chi connectivity index (χ1) is 11.8. The molecule has 5 heteroatoms. The molecule has 0 aliphatic carbocycles. The van der Waals surface area contributed by atoms with E-state index in [1.54, 1.807) is 31.1 Å². The molecular weight excluding hydrogens is 330 g/mol. The van der Waals surface area contributed by atoms with Crippen LogP contribution < -0.4 is 10.6 Å². The van der Waals surface area contributed by atoms with Gasteiger partial charge < -0.3 is 15.5 Å². The largest absolute Gasteiger partial charge is 0.356 e. The lowest BCUT2D eigenvalue weighted by molar-refractivity contribution is 0.0827. The summed E-state index contributed by atoms with van der Waals surface area (Å²) in [6.07, 6.45) is 0. The van der Waals surface area contributed by atoms with E-state index in [0.29, 0.717) is 10.7 Å². The van der Waals surface area contributed by atoms with Crippen molar-refractivity contribution in [3.05, 3.63) is 64.7 Å². The normalized spacial score (nSPS) is 11.6. The molecule has 2 rings (SSSR count). The van der Waals surface area contributed by atoms with E-state index in [1.165, 1.54) is 16.7 Å². The molecule has 2 aromatic rings. The summed E-state index contributed by atoms with van der Waals surface area (Å²) in [4.78, 5) is 13.5. The number of anilines is 1. The molecule has 0 fully saturated rings. The van der Waals surface area contributed by atoms with Gasteiger partial charge in [-0.25, -0.2) is 0 Å². The smallest absolute Gasteiger partial charge is 0.253 e. The van der Waals surface area contributed by atoms with Gasteiger partial charge in [-0.3, -0.25) is 4.79 Å². The second-order valence-electron chi connectivity index (χ2n) is 6.46. The lowest BCUT2D eigenvalue weighted by Gasteiger charge is -2.19. The first-order valence-electron chi connectivity index (χ1n) is 8.24. The van der Waals surface area contributed by atoms with Crippen molar-refractivity contribution in [2.45, 2.75) is 26.8 Å². The van der Waals surface area contributed by atoms with Crippen LogP contribution in [0.5, 0.6) is 0 Å². The van der Waals surface area contributed by atoms with Crippen molar-refractivity contribution in [3.8, 4) is 0 Å². The van der Waals surface area contributed by atoms with Crippen molar-refractivity contribution in [1.82, 2.24) is 10.2 Å². The van der Waals surface area contributed by atoms with Gasteiger partial charge in [0.15, 0.2) is 5.11 Å². The van der Waals surface area contributed by atoms with E-state index < -0.39 is 0 Å². The van der Waals surface area contributed by atoms with E-state index in [9.17, 15) is 4.79 Å². The topological polar surface area (TPSA) is 44.4 Å². The van der Waals surface area contributed by atoms with E-state index in [2.05, 4.69) is 49.6 Å². The highest BCUT2D eigenvalue weighted by Crippen LogP contribution is 2.19. The number of hydrogen-bond acceptors (Lipinski definition) is 2. The molecule has 2 aromatic carbocycles. The Morgan fingerprint density at radius 3 is 2.28 bits per heavy atom. The van der Waals surface area contributed by atoms with Crippen LogP contribution in [-0.4, -0.2) is 30.0 Å². The number of thiocarbonyl (C=S) groups is 1. The third-order valence-corrected chi connectivity index (χ3v) is 4.26. The molecule has 0 aliphatic heterocycles. The maximum absolute atomic E-state index is 11.9. The second-order valence-corrected chi connectivity index (χ2v) is 6.87. The Kier molecular flexibility index (Phi) is 6.15. The molecule has 25 heavy (non-hydrogen) atoms. The maximum Gasteiger partial charge on any atom is 0.253 e. The number of benzene rings is 2. The van der Waals surface area contributed by atoms with Gasteiger partial charge in [0.05, 0.1) is 6.04 Å². The van der Waals surface area contributed by atoms with Crippen LogP contribution >= 0.6 is 12.2 Å². The molecule has 0 unspecified atom stereocenters. The van der Waals surface area contributed by atoms with E-state index in [4.69, 9.17) is 12.2 Å². The quantitative estimate of drug-likeness (QED) is 0.812. The number of nitrogens with one attached hydrogen (secondary N) is 2. The van der Waals surface area contributed by atoms with Gasteiger partial charge in [0.25, 0.3) is 5.91 Å². The minimum absolute atomic E-state index is 0.0179. The first-order valence-corrected chi connectivity index (χ1v) is 8.65. The van der Waals surface area contributed by atoms with E-state index in [1.807, 2.05) is 12.1 Å². The van der Waals surface area contributed by atoms with E-state index in [0.717, 1.165) is 5.69 Å². The minimum atomic E-state index is -0.0179. The second kappa shape index (κ2) is 8.12. The molecule has 0 heterocycles. The molecule has 4 nitrogen and oxygen atoms in total. The van der Waals surface area contributed by atoms with Gasteiger partial charge in [-0.05, 0) is 68.4 Å². The van der Waals surface area contributed by atoms with Crippen LogP contribution in [0.1, 0.15) is 40.0 Å². The van der Waals surface area contributed by atoms with Gasteiger partial charge in [0.2, 0.25) is 0 Å². The summed E-state index contributed by atoms with van der Waals surface area (Å²) in [5.41, 5.74) is 5.22. The molecule has 0 saturated carbocycles. The molecule has 1 amide bonds. The van der Waals surface area contributed by atoms with Crippen LogP contribution in [0.15, 0.2) is 42.5 Å². The van der Waals surface area contributed by atoms with Crippen LogP contribution in [0, 0.1) is 13.8 Å². The highest BCUT2D eigenvalue weighted by atomic mass is 32.1. The molecule has 0 saturated heterocycles. The van der Waals surface area contributed by atoms with Gasteiger partial charge >= 0.3 is 0 Å². The van der Waals surface area contributed by atoms with Gasteiger partial charge in [-0.15, -0.1) is 0 Å². The van der Waals surface area contributed by atoms with Crippen LogP contribution in [0.4, 0.5) is 5.69 Å². The Bertz CT molecular complexity index is 769. The lowest BCUT2D eigenvalue weighted by Crippen LogP contribution is -2.31. The number of nitrogens with zero attached hydrogens (tertiary/aromatic N) is 1. The third-order valence-electron chi connectivity index (χ3n) is 4.04. The Morgan fingerprint density at radius 2 is 1.72 bits per heavy atom. The van der Waals surface area contributed by atoms with Crippen molar-refractivity contribution in [1.29, 1.82) is 0 Å². The zero-order chi connectivity index (χ0) is 18.6. The number of carbonyl (C=O) groups excluding carboxylic acids is 1. The number of hydrogen-bond donors (Lipinski definition) is 2. The zero-order valence-electron chi connectivity index (χ0n) is 15.4. The minimum Gasteiger partial charge on any atom is -0.356 e. The Hall–Kier alpha value is -2.40. The number of amides is 1. The highest BCUT2D eigenvalue weighted by molar-refractivity contribution is 7.80. The molecule has 132 valence electrons. The molecule has 1 atom stereocenters. The Morgan fingerprint density at radius 1 is 1.08 bits per heavy atom. The van der Waals surface area contributed by atoms with Crippen LogP contribution in [0.25, 0.3) is 0 Å². The molecule has 2 N–H and O–H groups in total. The summed E-state index contributed by atoms with van der Waals surface area (Å²) >= 11 is 5.41. The Labute approximate surface area is 155 Å². The van der Waals surface area contributed by atoms with Gasteiger partial charge in [0.1, 0.15) is 0 Å². The van der Waals surface area contributed by atoms with Gasteiger partial charge in [0, 0.05) is 25.3 Å². The predicted molar refractivity (Wildman–Crippen MR) is 108 cm³/mol. The summed E-state index contributed by atoms with van der Waals surface area (Å²) in [7, 11) is 3.48. The summed E-state index contributed by atoms with van der Waals surface area (Å²) < 4.78 is 0. The monoisotopic (exact) mass is 355 g/mol. The van der Waals surface area contributed by atoms with Crippen LogP contribution in [0.2, 0.25) is 0 Å². The van der Waals surface area contributed by atoms with E-state index >= 15 is 0 Å². The van der Waals surface area contributed by atoms with Crippen molar-refractivity contribution < 1.29 is 4.79 Å². The van der Waals surface area contributed by atoms with Crippen LogP contribution in [-0.2, 0) is 0 Å². The van der Waals surface area contributed by atoms with Crippen molar-refractivity contribution in [2.75, 3.05) is 19.4 Å². The van der Waals surface area contributed by atoms with Crippen molar-refractivity contribution in [3.63, 3.8) is 0 Å². The fourth-order valence-corrected chi connectivity index (χ4v) is 3.00. The highest BCUT2D eigenvalue weighted by Gasteiger charge is 2.11. The van der Waals surface area contributed by atoms with Gasteiger partial charge in [-0.2, -0.15) is 0 Å². The average Bonchev–Trinajstić information content (AvgIpc) is 2.54. The average molecular weight is 356 g/mol. The van der Waals surface area contributed by atoms with Crippen LogP contribution in [0.3, 0.4) is 0 Å². The molecule has 0 aliphatic rings. The SMILES string of the molecule is Cc1ccc([C@H](C)NC(=S)Nc2ccc(C(=O)N(C)C)cc2)c(C)c1.